The van der Waals surface area contributed by atoms with Crippen molar-refractivity contribution in [2.24, 2.45) is 0 Å². The van der Waals surface area contributed by atoms with Crippen LogP contribution in [-0.2, 0) is 20.8 Å². The number of amides is 4. The second-order valence-electron chi connectivity index (χ2n) is 9.14. The van der Waals surface area contributed by atoms with Crippen LogP contribution in [-0.4, -0.2) is 94.1 Å². The number of aliphatic hydroxyl groups excluding tert-OH is 1. The Labute approximate surface area is 220 Å². The molecule has 37 heavy (non-hydrogen) atoms. The quantitative estimate of drug-likeness (QED) is 0.172. The number of halogens is 1. The number of imide groups is 1. The first kappa shape index (κ1) is 28.6. The molecule has 1 aromatic carbocycles. The van der Waals surface area contributed by atoms with Crippen LogP contribution in [0.4, 0.5) is 4.79 Å². The number of para-hydroxylation sites is 1. The van der Waals surface area contributed by atoms with Crippen molar-refractivity contribution in [3.63, 3.8) is 0 Å². The number of alkyl halides is 1. The number of ketones is 2. The highest BCUT2D eigenvalue weighted by atomic mass is 35.5. The Balaban J connectivity index is 1.75. The lowest BCUT2D eigenvalue weighted by molar-refractivity contribution is -0.153. The molecule has 2 unspecified atom stereocenters. The molecule has 1 fully saturated rings. The summed E-state index contributed by atoms with van der Waals surface area (Å²) >= 11 is 6.45. The van der Waals surface area contributed by atoms with Gasteiger partial charge in [-0.15, -0.1) is 11.6 Å². The molecule has 0 aliphatic carbocycles. The maximum Gasteiger partial charge on any atom is 0.526 e. The van der Waals surface area contributed by atoms with Crippen molar-refractivity contribution in [3.8, 4) is 5.75 Å². The average molecular weight is 536 g/mol. The predicted molar refractivity (Wildman–Crippen MR) is 134 cm³/mol. The summed E-state index contributed by atoms with van der Waals surface area (Å²) in [5.74, 6) is -2.92. The molecule has 3 N–H and O–H groups in total. The number of urea groups is 1. The largest absolute Gasteiger partial charge is 0.535 e. The molecular formula is C24H31BClN3O8. The number of rotatable bonds is 10. The molecule has 0 bridgehead atoms. The van der Waals surface area contributed by atoms with Crippen LogP contribution in [0.25, 0.3) is 0 Å². The number of carbonyl (C=O) groups is 5. The van der Waals surface area contributed by atoms with Crippen molar-refractivity contribution in [1.29, 1.82) is 0 Å². The minimum absolute atomic E-state index is 0.0286. The number of Topliss-reactive ketones (excluding diaryl/α,β-unsaturated/α-hetero) is 2. The molecule has 3 rings (SSSR count). The van der Waals surface area contributed by atoms with Gasteiger partial charge in [-0.1, -0.05) is 12.1 Å². The molecule has 11 nitrogen and oxygen atoms in total. The van der Waals surface area contributed by atoms with Gasteiger partial charge in [0.2, 0.25) is 0 Å². The lowest BCUT2D eigenvalue weighted by Crippen LogP contribution is -2.60. The first-order valence-electron chi connectivity index (χ1n) is 12.2. The van der Waals surface area contributed by atoms with Crippen molar-refractivity contribution in [1.82, 2.24) is 15.1 Å². The first-order valence-corrected chi connectivity index (χ1v) is 12.7. The highest BCUT2D eigenvalue weighted by Gasteiger charge is 2.41. The summed E-state index contributed by atoms with van der Waals surface area (Å²) in [6, 6.07) is 2.87. The van der Waals surface area contributed by atoms with Crippen LogP contribution in [0.3, 0.4) is 0 Å². The van der Waals surface area contributed by atoms with E-state index in [9.17, 15) is 34.1 Å². The number of aliphatic hydroxyl groups is 1. The maximum absolute atomic E-state index is 13.4. The minimum Gasteiger partial charge on any atom is -0.535 e. The summed E-state index contributed by atoms with van der Waals surface area (Å²) in [7, 11) is -1.37. The van der Waals surface area contributed by atoms with Gasteiger partial charge in [0.25, 0.3) is 0 Å². The van der Waals surface area contributed by atoms with Gasteiger partial charge in [0.15, 0.2) is 11.6 Å². The number of benzene rings is 1. The van der Waals surface area contributed by atoms with E-state index < -0.39 is 48.0 Å². The van der Waals surface area contributed by atoms with E-state index in [1.165, 1.54) is 11.8 Å². The van der Waals surface area contributed by atoms with E-state index in [-0.39, 0.29) is 56.9 Å². The third kappa shape index (κ3) is 6.49. The third-order valence-electron chi connectivity index (χ3n) is 6.62. The van der Waals surface area contributed by atoms with Crippen molar-refractivity contribution < 1.29 is 38.8 Å². The molecule has 0 spiro atoms. The van der Waals surface area contributed by atoms with Crippen LogP contribution in [0.2, 0.25) is 5.82 Å². The van der Waals surface area contributed by atoms with Gasteiger partial charge < -0.3 is 25.0 Å². The molecule has 2 aliphatic heterocycles. The van der Waals surface area contributed by atoms with Gasteiger partial charge in [0.05, 0.1) is 10.9 Å². The van der Waals surface area contributed by atoms with Crippen molar-refractivity contribution in [2.45, 2.75) is 56.8 Å². The summed E-state index contributed by atoms with van der Waals surface area (Å²) in [4.78, 5) is 64.9. The second kappa shape index (κ2) is 12.5. The molecule has 200 valence electrons. The van der Waals surface area contributed by atoms with Gasteiger partial charge >= 0.3 is 25.0 Å². The molecule has 0 radical (unpaired) electrons. The van der Waals surface area contributed by atoms with Crippen LogP contribution in [0.15, 0.2) is 18.2 Å². The van der Waals surface area contributed by atoms with Crippen molar-refractivity contribution in [2.75, 3.05) is 26.2 Å². The monoisotopic (exact) mass is 535 g/mol. The van der Waals surface area contributed by atoms with E-state index in [4.69, 9.17) is 16.3 Å². The Morgan fingerprint density at radius 1 is 1.24 bits per heavy atom. The van der Waals surface area contributed by atoms with Crippen LogP contribution in [0, 0.1) is 0 Å². The van der Waals surface area contributed by atoms with Crippen molar-refractivity contribution in [3.05, 3.63) is 29.3 Å². The Morgan fingerprint density at radius 3 is 2.62 bits per heavy atom. The fraction of sp³-hybridized carbons (Fsp3) is 0.542. The second-order valence-corrected chi connectivity index (χ2v) is 9.70. The van der Waals surface area contributed by atoms with E-state index in [1.54, 1.807) is 25.1 Å². The zero-order chi connectivity index (χ0) is 27.3. The first-order chi connectivity index (χ1) is 17.6. The van der Waals surface area contributed by atoms with E-state index in [0.29, 0.717) is 17.7 Å². The summed E-state index contributed by atoms with van der Waals surface area (Å²) < 4.78 is 5.60. The minimum atomic E-state index is -1.37. The van der Waals surface area contributed by atoms with E-state index in [0.717, 1.165) is 4.90 Å². The molecule has 0 saturated carbocycles. The molecule has 13 heteroatoms. The number of hydrogen-bond acceptors (Lipinski definition) is 8. The van der Waals surface area contributed by atoms with E-state index in [1.807, 2.05) is 0 Å². The molecule has 3 atom stereocenters. The summed E-state index contributed by atoms with van der Waals surface area (Å²) in [6.07, 6.45) is 0.505. The van der Waals surface area contributed by atoms with Crippen LogP contribution in [0.1, 0.15) is 49.0 Å². The van der Waals surface area contributed by atoms with Crippen LogP contribution < -0.4 is 9.97 Å². The van der Waals surface area contributed by atoms with Gasteiger partial charge in [-0.3, -0.25) is 24.1 Å². The lowest BCUT2D eigenvalue weighted by atomic mass is 9.64. The Morgan fingerprint density at radius 2 is 1.97 bits per heavy atom. The number of nitrogens with zero attached hydrogens (tertiary/aromatic N) is 2. The Hall–Kier alpha value is -2.96. The van der Waals surface area contributed by atoms with Gasteiger partial charge in [0.1, 0.15) is 11.8 Å². The molecule has 4 amide bonds. The van der Waals surface area contributed by atoms with Gasteiger partial charge in [-0.05, 0) is 44.7 Å². The van der Waals surface area contributed by atoms with E-state index >= 15 is 0 Å². The Kier molecular flexibility index (Phi) is 9.69. The fourth-order valence-electron chi connectivity index (χ4n) is 4.53. The molecule has 1 saturated heterocycles. The number of hydrogen-bond donors (Lipinski definition) is 3. The lowest BCUT2D eigenvalue weighted by Gasteiger charge is -2.34. The SMILES string of the molecule is CCN1CCN(C(=O)NC(C(=O)C[C@H]2Cc3cccc(C(C)=O)c3OB2O)C(Cl)CCCO)C(=O)C1=O. The standard InChI is InChI=1S/C24H31BClN3O8/c1-3-28-9-10-29(23(34)22(28)33)24(35)27-20(18(26)8-5-11-30)19(32)13-16-12-15-6-4-7-17(14(2)31)21(15)37-25(16)36/h4,6-7,16,18,20,30,36H,3,5,8-13H2,1-2H3,(H,27,35)/t16-,18?,20?/m1/s1. The molecular weight excluding hydrogens is 505 g/mol. The average Bonchev–Trinajstić information content (AvgIpc) is 2.87. The summed E-state index contributed by atoms with van der Waals surface area (Å²) in [5.41, 5.74) is 0.996. The highest BCUT2D eigenvalue weighted by molar-refractivity contribution is 6.47. The van der Waals surface area contributed by atoms with Crippen molar-refractivity contribution >= 4 is 48.1 Å². The zero-order valence-corrected chi connectivity index (χ0v) is 21.6. The predicted octanol–water partition coefficient (Wildman–Crippen LogP) is 0.783. The molecule has 1 aromatic rings. The number of nitrogens with one attached hydrogen (secondary N) is 1. The van der Waals surface area contributed by atoms with Gasteiger partial charge in [-0.25, -0.2) is 4.79 Å². The smallest absolute Gasteiger partial charge is 0.526 e. The van der Waals surface area contributed by atoms with E-state index in [2.05, 4.69) is 5.32 Å². The maximum atomic E-state index is 13.4. The number of piperazine rings is 1. The van der Waals surface area contributed by atoms with Gasteiger partial charge in [0, 0.05) is 38.5 Å². The molecule has 2 aliphatic rings. The topological polar surface area (TPSA) is 154 Å². The van der Waals surface area contributed by atoms with Gasteiger partial charge in [-0.2, -0.15) is 0 Å². The third-order valence-corrected chi connectivity index (χ3v) is 7.09. The van der Waals surface area contributed by atoms with Crippen LogP contribution >= 0.6 is 11.6 Å². The summed E-state index contributed by atoms with van der Waals surface area (Å²) in [5, 5.41) is 21.4. The zero-order valence-electron chi connectivity index (χ0n) is 20.8. The normalized spacial score (nSPS) is 19.2. The number of likely N-dealkylation sites (N-methyl/N-ethyl adjacent to an activating group) is 1. The number of carbonyl (C=O) groups excluding carboxylic acids is 5. The van der Waals surface area contributed by atoms with Crippen LogP contribution in [0.5, 0.6) is 5.75 Å². The highest BCUT2D eigenvalue weighted by Crippen LogP contribution is 2.36. The fourth-order valence-corrected chi connectivity index (χ4v) is 4.88. The molecule has 0 aromatic heterocycles. The molecule has 2 heterocycles. The summed E-state index contributed by atoms with van der Waals surface area (Å²) in [6.45, 7) is 3.41. The Bertz CT molecular complexity index is 1070. The number of fused-ring (bicyclic) bond motifs is 1.